The molecule has 0 fully saturated rings. The van der Waals surface area contributed by atoms with Gasteiger partial charge >= 0.3 is 5.97 Å². The van der Waals surface area contributed by atoms with Gasteiger partial charge in [0.15, 0.2) is 0 Å². The van der Waals surface area contributed by atoms with Gasteiger partial charge in [0, 0.05) is 11.7 Å². The molecule has 0 radical (unpaired) electrons. The number of benzene rings is 1. The number of carbonyl (C=O) groups is 1. The topological polar surface area (TPSA) is 47.6 Å². The Morgan fingerprint density at radius 1 is 1.27 bits per heavy atom. The van der Waals surface area contributed by atoms with Crippen molar-refractivity contribution < 1.29 is 14.3 Å². The summed E-state index contributed by atoms with van der Waals surface area (Å²) in [6, 6.07) is 8.13. The van der Waals surface area contributed by atoms with E-state index in [0.29, 0.717) is 6.61 Å². The van der Waals surface area contributed by atoms with E-state index in [1.807, 2.05) is 51.1 Å². The fourth-order valence-electron chi connectivity index (χ4n) is 3.29. The number of methoxy groups -OCH3 is 1. The van der Waals surface area contributed by atoms with Crippen molar-refractivity contribution in [3.05, 3.63) is 36.9 Å². The summed E-state index contributed by atoms with van der Waals surface area (Å²) >= 11 is 0. The highest BCUT2D eigenvalue weighted by Gasteiger charge is 2.38. The molecule has 4 heteroatoms. The summed E-state index contributed by atoms with van der Waals surface area (Å²) in [5.74, 6) is 0.964. The van der Waals surface area contributed by atoms with Crippen molar-refractivity contribution >= 4 is 11.7 Å². The molecule has 2 atom stereocenters. The number of hydrogen-bond acceptors (Lipinski definition) is 4. The fourth-order valence-corrected chi connectivity index (χ4v) is 3.29. The molecule has 0 aromatic heterocycles. The molecule has 26 heavy (non-hydrogen) atoms. The number of carbonyl (C=O) groups excluding carboxylic acids is 1. The Kier molecular flexibility index (Phi) is 9.25. The van der Waals surface area contributed by atoms with Gasteiger partial charge in [0.2, 0.25) is 0 Å². The first-order valence-corrected chi connectivity index (χ1v) is 9.57. The molecule has 0 heterocycles. The molecule has 1 N–H and O–H groups in total. The molecule has 0 aliphatic carbocycles. The van der Waals surface area contributed by atoms with E-state index in [4.69, 9.17) is 9.47 Å². The molecule has 0 bridgehead atoms. The van der Waals surface area contributed by atoms with Gasteiger partial charge in [-0.2, -0.15) is 0 Å². The molecule has 4 nitrogen and oxygen atoms in total. The number of anilines is 1. The quantitative estimate of drug-likeness (QED) is 0.397. The van der Waals surface area contributed by atoms with E-state index in [1.165, 1.54) is 0 Å². The van der Waals surface area contributed by atoms with E-state index in [0.717, 1.165) is 37.1 Å². The minimum atomic E-state index is -0.507. The van der Waals surface area contributed by atoms with Crippen LogP contribution in [0.25, 0.3) is 0 Å². The van der Waals surface area contributed by atoms with E-state index in [1.54, 1.807) is 7.11 Å². The summed E-state index contributed by atoms with van der Waals surface area (Å²) in [5.41, 5.74) is 0.536. The highest BCUT2D eigenvalue weighted by molar-refractivity contribution is 5.76. The van der Waals surface area contributed by atoms with Crippen LogP contribution in [0, 0.1) is 11.3 Å². The molecule has 0 spiro atoms. The molecule has 0 saturated carbocycles. The monoisotopic (exact) mass is 361 g/mol. The smallest absolute Gasteiger partial charge is 0.311 e. The second-order valence-electron chi connectivity index (χ2n) is 7.26. The van der Waals surface area contributed by atoms with Crippen LogP contribution in [-0.2, 0) is 9.53 Å². The van der Waals surface area contributed by atoms with Crippen molar-refractivity contribution in [1.29, 1.82) is 0 Å². The Labute approximate surface area is 159 Å². The number of ether oxygens (including phenoxy) is 2. The molecule has 1 rings (SSSR count). The van der Waals surface area contributed by atoms with Crippen molar-refractivity contribution in [2.75, 3.05) is 19.0 Å². The first-order chi connectivity index (χ1) is 12.4. The molecule has 0 aliphatic heterocycles. The van der Waals surface area contributed by atoms with Crippen LogP contribution < -0.4 is 10.1 Å². The Balaban J connectivity index is 2.91. The fraction of sp³-hybridized carbons (Fsp3) is 0.591. The summed E-state index contributed by atoms with van der Waals surface area (Å²) in [4.78, 5) is 12.5. The largest absolute Gasteiger partial charge is 0.497 e. The zero-order valence-electron chi connectivity index (χ0n) is 17.0. The maximum absolute atomic E-state index is 12.5. The van der Waals surface area contributed by atoms with Gasteiger partial charge in [0.25, 0.3) is 0 Å². The Hall–Kier alpha value is -1.97. The maximum Gasteiger partial charge on any atom is 0.311 e. The van der Waals surface area contributed by atoms with Crippen molar-refractivity contribution in [3.63, 3.8) is 0 Å². The van der Waals surface area contributed by atoms with E-state index in [-0.39, 0.29) is 17.9 Å². The van der Waals surface area contributed by atoms with Gasteiger partial charge in [0.1, 0.15) is 5.75 Å². The van der Waals surface area contributed by atoms with Gasteiger partial charge < -0.3 is 14.8 Å². The maximum atomic E-state index is 12.5. The minimum absolute atomic E-state index is 0.111. The van der Waals surface area contributed by atoms with E-state index < -0.39 is 5.41 Å². The highest BCUT2D eigenvalue weighted by atomic mass is 16.5. The lowest BCUT2D eigenvalue weighted by atomic mass is 9.73. The molecule has 1 aromatic carbocycles. The number of nitrogens with one attached hydrogen (secondary N) is 1. The average Bonchev–Trinajstić information content (AvgIpc) is 2.62. The number of hydrogen-bond donors (Lipinski definition) is 1. The Bertz CT molecular complexity index is 551. The van der Waals surface area contributed by atoms with Gasteiger partial charge in [-0.05, 0) is 70.2 Å². The van der Waals surface area contributed by atoms with Gasteiger partial charge in [-0.3, -0.25) is 4.79 Å². The Morgan fingerprint density at radius 3 is 2.42 bits per heavy atom. The first kappa shape index (κ1) is 22.1. The molecule has 0 saturated heterocycles. The molecule has 0 aliphatic rings. The van der Waals surface area contributed by atoms with E-state index in [9.17, 15) is 4.79 Å². The lowest BCUT2D eigenvalue weighted by Gasteiger charge is -2.35. The van der Waals surface area contributed by atoms with Crippen LogP contribution in [0.2, 0.25) is 0 Å². The SMILES string of the molecule is C=CC[C@H](C[C@H](CCC)C(C)(C)C(=O)OCC)Nc1ccc(OC)cc1. The second-order valence-corrected chi connectivity index (χ2v) is 7.26. The summed E-state index contributed by atoms with van der Waals surface area (Å²) < 4.78 is 10.5. The van der Waals surface area contributed by atoms with E-state index in [2.05, 4.69) is 18.8 Å². The third-order valence-electron chi connectivity index (χ3n) is 4.94. The van der Waals surface area contributed by atoms with Crippen LogP contribution in [0.3, 0.4) is 0 Å². The summed E-state index contributed by atoms with van der Waals surface area (Å²) in [6.45, 7) is 12.3. The molecular formula is C22H35NO3. The Morgan fingerprint density at radius 2 is 1.92 bits per heavy atom. The zero-order chi connectivity index (χ0) is 19.6. The van der Waals surface area contributed by atoms with Crippen LogP contribution in [0.5, 0.6) is 5.75 Å². The third-order valence-corrected chi connectivity index (χ3v) is 4.94. The van der Waals surface area contributed by atoms with E-state index >= 15 is 0 Å². The predicted molar refractivity (Wildman–Crippen MR) is 109 cm³/mol. The predicted octanol–water partition coefficient (Wildman–Crippen LogP) is 5.45. The van der Waals surface area contributed by atoms with Crippen LogP contribution in [0.4, 0.5) is 5.69 Å². The normalized spacial score (nSPS) is 13.6. The molecule has 146 valence electrons. The minimum Gasteiger partial charge on any atom is -0.497 e. The van der Waals surface area contributed by atoms with Crippen molar-refractivity contribution in [3.8, 4) is 5.75 Å². The molecular weight excluding hydrogens is 326 g/mol. The van der Waals surface area contributed by atoms with Gasteiger partial charge in [-0.25, -0.2) is 0 Å². The standard InChI is InChI=1S/C22H35NO3/c1-7-10-17(22(4,5)21(24)26-9-3)16-19(11-8-2)23-18-12-14-20(25-6)15-13-18/h8,12-15,17,19,23H,2,7,9-11,16H2,1,3-6H3/t17-,19+/m0/s1. The summed E-state index contributed by atoms with van der Waals surface area (Å²) in [6.07, 6.45) is 5.69. The van der Waals surface area contributed by atoms with Gasteiger partial charge in [-0.1, -0.05) is 19.4 Å². The van der Waals surface area contributed by atoms with Crippen LogP contribution >= 0.6 is 0 Å². The zero-order valence-corrected chi connectivity index (χ0v) is 17.0. The van der Waals surface area contributed by atoms with Crippen LogP contribution in [0.15, 0.2) is 36.9 Å². The van der Waals surface area contributed by atoms with Crippen molar-refractivity contribution in [2.45, 2.75) is 59.4 Å². The van der Waals surface area contributed by atoms with Crippen LogP contribution in [0.1, 0.15) is 53.4 Å². The van der Waals surface area contributed by atoms with Crippen LogP contribution in [-0.4, -0.2) is 25.7 Å². The molecule has 0 amide bonds. The van der Waals surface area contributed by atoms with Crippen molar-refractivity contribution in [1.82, 2.24) is 0 Å². The van der Waals surface area contributed by atoms with Gasteiger partial charge in [-0.15, -0.1) is 6.58 Å². The highest BCUT2D eigenvalue weighted by Crippen LogP contribution is 2.36. The second kappa shape index (κ2) is 10.9. The first-order valence-electron chi connectivity index (χ1n) is 9.57. The summed E-state index contributed by atoms with van der Waals surface area (Å²) in [5, 5.41) is 3.58. The molecule has 0 unspecified atom stereocenters. The third kappa shape index (κ3) is 6.40. The number of esters is 1. The van der Waals surface area contributed by atoms with Crippen molar-refractivity contribution in [2.24, 2.45) is 11.3 Å². The van der Waals surface area contributed by atoms with Gasteiger partial charge in [0.05, 0.1) is 19.1 Å². The summed E-state index contributed by atoms with van der Waals surface area (Å²) in [7, 11) is 1.66. The number of rotatable bonds is 12. The molecule has 1 aromatic rings. The lowest BCUT2D eigenvalue weighted by molar-refractivity contribution is -0.157. The lowest BCUT2D eigenvalue weighted by Crippen LogP contribution is -2.38. The average molecular weight is 362 g/mol.